The fraction of sp³-hybridized carbons (Fsp3) is 0.250. The summed E-state index contributed by atoms with van der Waals surface area (Å²) in [5, 5.41) is 33.0. The second kappa shape index (κ2) is 11.2. The van der Waals surface area contributed by atoms with Gasteiger partial charge in [-0.3, -0.25) is 0 Å². The number of hydrogen-bond acceptors (Lipinski definition) is 11. The number of nitrogens with two attached hydrogens (primary N) is 1. The van der Waals surface area contributed by atoms with Gasteiger partial charge in [-0.15, -0.1) is 0 Å². The molecule has 5 N–H and O–H groups in total. The van der Waals surface area contributed by atoms with Crippen molar-refractivity contribution in [3.63, 3.8) is 0 Å². The first-order valence-electron chi connectivity index (χ1n) is 9.46. The van der Waals surface area contributed by atoms with Crippen LogP contribution < -0.4 is 20.5 Å². The van der Waals surface area contributed by atoms with E-state index in [1.54, 1.807) is 0 Å². The van der Waals surface area contributed by atoms with Crippen LogP contribution >= 0.6 is 15.9 Å². The molecule has 0 aliphatic carbocycles. The van der Waals surface area contributed by atoms with Crippen LogP contribution in [0, 0.1) is 15.9 Å². The molecule has 0 bridgehead atoms. The van der Waals surface area contributed by atoms with E-state index >= 15 is 0 Å². The summed E-state index contributed by atoms with van der Waals surface area (Å²) in [6, 6.07) is 4.07. The van der Waals surface area contributed by atoms with Gasteiger partial charge in [0, 0.05) is 18.8 Å². The van der Waals surface area contributed by atoms with Crippen LogP contribution in [-0.4, -0.2) is 52.1 Å². The van der Waals surface area contributed by atoms with Crippen LogP contribution in [-0.2, 0) is 28.7 Å². The van der Waals surface area contributed by atoms with E-state index in [1.807, 2.05) is 0 Å². The zero-order chi connectivity index (χ0) is 25.6. The Morgan fingerprint density at radius 2 is 2.17 bits per heavy atom. The van der Waals surface area contributed by atoms with Crippen molar-refractivity contribution in [1.82, 2.24) is 24.6 Å². The Morgan fingerprint density at radius 3 is 2.83 bits per heavy atom. The molecule has 2 heterocycles. The maximum absolute atomic E-state index is 13.6. The summed E-state index contributed by atoms with van der Waals surface area (Å²) in [4.78, 5) is 19.4. The number of halogens is 2. The molecule has 0 fully saturated rings. The third-order valence-electron chi connectivity index (χ3n) is 4.21. The average molecular weight is 577 g/mol. The Hall–Kier alpha value is -3.68. The minimum Gasteiger partial charge on any atom is -0.390 e. The van der Waals surface area contributed by atoms with E-state index in [-0.39, 0.29) is 47.5 Å². The van der Waals surface area contributed by atoms with E-state index in [1.165, 1.54) is 36.0 Å². The molecule has 0 spiro atoms. The highest BCUT2D eigenvalue weighted by atomic mass is 79.9. The van der Waals surface area contributed by atoms with E-state index in [9.17, 15) is 22.9 Å². The van der Waals surface area contributed by atoms with Crippen molar-refractivity contribution in [2.45, 2.75) is 6.61 Å². The Morgan fingerprint density at radius 1 is 1.40 bits per heavy atom. The highest BCUT2D eigenvalue weighted by Gasteiger charge is 2.20. The summed E-state index contributed by atoms with van der Waals surface area (Å²) in [7, 11) is -2.43. The largest absolute Gasteiger partial charge is 0.434 e. The Balaban J connectivity index is 1.81. The zero-order valence-electron chi connectivity index (χ0n) is 17.8. The molecule has 188 valence electrons. The molecule has 0 atom stereocenters. The monoisotopic (exact) mass is 576 g/mol. The van der Waals surface area contributed by atoms with Crippen molar-refractivity contribution in [3.05, 3.63) is 56.2 Å². The summed E-state index contributed by atoms with van der Waals surface area (Å²) in [6.45, 7) is -0.194. The van der Waals surface area contributed by atoms with E-state index < -0.39 is 20.9 Å². The first kappa shape index (κ1) is 25.9. The van der Waals surface area contributed by atoms with Crippen molar-refractivity contribution in [1.29, 1.82) is 0 Å². The van der Waals surface area contributed by atoms with Crippen LogP contribution in [0.3, 0.4) is 0 Å². The lowest BCUT2D eigenvalue weighted by molar-refractivity contribution is -0.396. The van der Waals surface area contributed by atoms with Gasteiger partial charge in [0.05, 0.1) is 11.5 Å². The van der Waals surface area contributed by atoms with Gasteiger partial charge in [0.1, 0.15) is 12.0 Å². The van der Waals surface area contributed by atoms with Gasteiger partial charge in [-0.25, -0.2) is 23.4 Å². The molecular weight excluding hydrogens is 559 g/mol. The predicted octanol–water partition coefficient (Wildman–Crippen LogP) is 0.808. The fourth-order valence-electron chi connectivity index (χ4n) is 2.57. The number of amidine groups is 1. The van der Waals surface area contributed by atoms with Crippen LogP contribution in [0.1, 0.15) is 11.4 Å². The Kier molecular flexibility index (Phi) is 8.27. The van der Waals surface area contributed by atoms with Gasteiger partial charge in [0.15, 0.2) is 18.0 Å². The normalized spacial score (nSPS) is 11.9. The summed E-state index contributed by atoms with van der Waals surface area (Å²) in [5.41, 5.74) is 0.786. The van der Waals surface area contributed by atoms with E-state index in [0.29, 0.717) is 11.4 Å². The van der Waals surface area contributed by atoms with Crippen LogP contribution in [0.15, 0.2) is 38.7 Å². The van der Waals surface area contributed by atoms with Crippen LogP contribution in [0.4, 0.5) is 21.8 Å². The van der Waals surface area contributed by atoms with Crippen molar-refractivity contribution < 1.29 is 27.2 Å². The standard InChI is InChI=1S/C16H18BrFN10O6S/c1-27-10(7-21-16(27)28(29)30)8-33-25-15(23-9-2-3-12(18)11(17)6-9)13-14(26-34-24-13)20-4-5-22-35(19,31)32/h2-3,6-7,22H,4-5,8H2,1H3,(H,20,26)(H,23,25)(H2,19,31,32). The Labute approximate surface area is 205 Å². The number of nitrogens with one attached hydrogen (secondary N) is 3. The molecule has 16 nitrogen and oxygen atoms in total. The lowest BCUT2D eigenvalue weighted by Gasteiger charge is -2.10. The fourth-order valence-corrected chi connectivity index (χ4v) is 3.34. The van der Waals surface area contributed by atoms with Crippen molar-refractivity contribution in [3.8, 4) is 0 Å². The van der Waals surface area contributed by atoms with Gasteiger partial charge < -0.3 is 25.6 Å². The maximum atomic E-state index is 13.6. The molecule has 0 aliphatic rings. The minimum absolute atomic E-state index is 0.0247. The Bertz CT molecular complexity index is 1340. The quantitative estimate of drug-likeness (QED) is 0.0822. The maximum Gasteiger partial charge on any atom is 0.434 e. The predicted molar refractivity (Wildman–Crippen MR) is 123 cm³/mol. The summed E-state index contributed by atoms with van der Waals surface area (Å²) in [6.07, 6.45) is 1.26. The number of imidazole rings is 1. The van der Waals surface area contributed by atoms with E-state index in [0.717, 1.165) is 0 Å². The van der Waals surface area contributed by atoms with Gasteiger partial charge in [-0.05, 0) is 49.4 Å². The number of benzene rings is 1. The highest BCUT2D eigenvalue weighted by molar-refractivity contribution is 9.10. The molecule has 0 radical (unpaired) electrons. The van der Waals surface area contributed by atoms with Crippen molar-refractivity contribution in [2.75, 3.05) is 23.7 Å². The van der Waals surface area contributed by atoms with Crippen LogP contribution in [0.2, 0.25) is 0 Å². The topological polar surface area (TPSA) is 218 Å². The average Bonchev–Trinajstić information content (AvgIpc) is 3.39. The van der Waals surface area contributed by atoms with Gasteiger partial charge in [-0.1, -0.05) is 10.1 Å². The zero-order valence-corrected chi connectivity index (χ0v) is 20.2. The molecule has 0 saturated heterocycles. The molecule has 0 saturated carbocycles. The summed E-state index contributed by atoms with van der Waals surface area (Å²) < 4.78 is 43.9. The van der Waals surface area contributed by atoms with E-state index in [2.05, 4.69) is 51.7 Å². The molecule has 0 aliphatic heterocycles. The molecular formula is C16H18BrFN10O6S. The molecule has 0 unspecified atom stereocenters. The molecule has 19 heteroatoms. The number of oxime groups is 1. The molecule has 1 aromatic carbocycles. The van der Waals surface area contributed by atoms with Crippen molar-refractivity contribution >= 4 is 49.4 Å². The third-order valence-corrected chi connectivity index (χ3v) is 5.42. The number of nitro groups is 1. The van der Waals surface area contributed by atoms with Gasteiger partial charge in [0.25, 0.3) is 10.2 Å². The van der Waals surface area contributed by atoms with Crippen LogP contribution in [0.5, 0.6) is 0 Å². The van der Waals surface area contributed by atoms with Crippen molar-refractivity contribution in [2.24, 2.45) is 17.3 Å². The first-order valence-corrected chi connectivity index (χ1v) is 11.8. The second-order valence-electron chi connectivity index (χ2n) is 6.66. The number of rotatable bonds is 11. The molecule has 3 rings (SSSR count). The third kappa shape index (κ3) is 7.15. The highest BCUT2D eigenvalue weighted by Crippen LogP contribution is 2.22. The summed E-state index contributed by atoms with van der Waals surface area (Å²) >= 11 is 3.09. The van der Waals surface area contributed by atoms with Gasteiger partial charge in [0.2, 0.25) is 11.7 Å². The smallest absolute Gasteiger partial charge is 0.390 e. The first-order chi connectivity index (χ1) is 16.5. The second-order valence-corrected chi connectivity index (χ2v) is 8.89. The van der Waals surface area contributed by atoms with E-state index in [4.69, 9.17) is 14.6 Å². The van der Waals surface area contributed by atoms with Crippen LogP contribution in [0.25, 0.3) is 0 Å². The molecule has 0 amide bonds. The number of anilines is 2. The number of hydrogen-bond donors (Lipinski definition) is 4. The number of nitrogens with zero attached hydrogens (tertiary/aromatic N) is 6. The van der Waals surface area contributed by atoms with Gasteiger partial charge >= 0.3 is 5.95 Å². The lowest BCUT2D eigenvalue weighted by atomic mass is 10.3. The molecule has 2 aromatic heterocycles. The lowest BCUT2D eigenvalue weighted by Crippen LogP contribution is -2.34. The minimum atomic E-state index is -3.88. The number of aromatic nitrogens is 4. The van der Waals surface area contributed by atoms with Gasteiger partial charge in [-0.2, -0.15) is 8.42 Å². The summed E-state index contributed by atoms with van der Waals surface area (Å²) in [5.74, 6) is -0.810. The molecule has 3 aromatic rings. The SMILES string of the molecule is Cn1c(CO/N=C(\Nc2ccc(F)c(Br)c2)c2nonc2NCCNS(N)(=O)=O)cnc1[N+](=O)[O-]. The molecule has 35 heavy (non-hydrogen) atoms.